The average Bonchev–Trinajstić information content (AvgIpc) is 2.09. The summed E-state index contributed by atoms with van der Waals surface area (Å²) in [6, 6.07) is 0. The van der Waals surface area contributed by atoms with Gasteiger partial charge < -0.3 is 0 Å². The molecule has 1 heterocycles. The van der Waals surface area contributed by atoms with E-state index in [2.05, 4.69) is 81.7 Å². The van der Waals surface area contributed by atoms with E-state index in [0.717, 1.165) is 0 Å². The first-order valence-corrected chi connectivity index (χ1v) is 7.70. The van der Waals surface area contributed by atoms with Crippen LogP contribution in [0.2, 0.25) is 0 Å². The van der Waals surface area contributed by atoms with Crippen molar-refractivity contribution in [2.75, 3.05) is 0 Å². The van der Waals surface area contributed by atoms with Crippen LogP contribution in [0.3, 0.4) is 0 Å². The van der Waals surface area contributed by atoms with E-state index in [0.29, 0.717) is 0 Å². The zero-order chi connectivity index (χ0) is 16.1. The van der Waals surface area contributed by atoms with Crippen LogP contribution in [0.15, 0.2) is 0 Å². The van der Waals surface area contributed by atoms with Gasteiger partial charge in [0.2, 0.25) is 0 Å². The van der Waals surface area contributed by atoms with Crippen LogP contribution >= 0.6 is 0 Å². The molecule has 0 atom stereocenters. The van der Waals surface area contributed by atoms with Gasteiger partial charge in [0.25, 0.3) is 0 Å². The molecule has 0 saturated heterocycles. The van der Waals surface area contributed by atoms with Crippen molar-refractivity contribution in [3.63, 3.8) is 0 Å². The Balaban J connectivity index is 3.97. The molecule has 1 aromatic rings. The minimum Gasteiger partial charge on any atom is -0.279 e. The van der Waals surface area contributed by atoms with Crippen LogP contribution in [0.5, 0.6) is 0 Å². The molecule has 0 N–H and O–H groups in total. The summed E-state index contributed by atoms with van der Waals surface area (Å²) in [7, 11) is 13.5. The molecule has 20 heavy (non-hydrogen) atoms. The minimum atomic E-state index is 0.118. The summed E-state index contributed by atoms with van der Waals surface area (Å²) < 4.78 is 0. The summed E-state index contributed by atoms with van der Waals surface area (Å²) >= 11 is 0. The Morgan fingerprint density at radius 1 is 0.700 bits per heavy atom. The lowest BCUT2D eigenvalue weighted by atomic mass is 9.37. The summed E-state index contributed by atoms with van der Waals surface area (Å²) in [6.07, 6.45) is 0. The molecule has 7 heteroatoms. The first-order valence-electron chi connectivity index (χ1n) is 7.70. The van der Waals surface area contributed by atoms with Gasteiger partial charge in [0, 0.05) is 0 Å². The highest BCUT2D eigenvalue weighted by Gasteiger charge is 2.34. The van der Waals surface area contributed by atoms with Crippen molar-refractivity contribution in [1.29, 1.82) is 0 Å². The minimum absolute atomic E-state index is 0.118. The maximum Gasteiger partial charge on any atom is 0.164 e. The Kier molecular flexibility index (Phi) is 4.46. The lowest BCUT2D eigenvalue weighted by molar-refractivity contribution is 0.564. The molecule has 1 rings (SSSR count). The molecular weight excluding hydrogens is 235 g/mol. The lowest BCUT2D eigenvalue weighted by Crippen LogP contribution is -2.45. The maximum atomic E-state index is 4.88. The van der Waals surface area contributed by atoms with E-state index in [-0.39, 0.29) is 15.8 Å². The van der Waals surface area contributed by atoms with Gasteiger partial charge in [-0.2, -0.15) is 0 Å². The van der Waals surface area contributed by atoms with Crippen molar-refractivity contribution >= 4 is 58.3 Å². The third kappa shape index (κ3) is 3.40. The number of pyridine rings is 1. The molecule has 0 unspecified atom stereocenters. The van der Waals surface area contributed by atoms with Crippen molar-refractivity contribution in [3.8, 4) is 0 Å². The third-order valence-corrected chi connectivity index (χ3v) is 3.81. The van der Waals surface area contributed by atoms with Gasteiger partial charge >= 0.3 is 0 Å². The zero-order valence-electron chi connectivity index (χ0n) is 15.4. The first kappa shape index (κ1) is 17.6. The van der Waals surface area contributed by atoms with Crippen molar-refractivity contribution in [2.24, 2.45) is 0 Å². The molecule has 0 amide bonds. The molecular formula is C13H27B6N. The summed E-state index contributed by atoms with van der Waals surface area (Å²) in [5.41, 5.74) is 6.87. The summed E-state index contributed by atoms with van der Waals surface area (Å²) in [5, 5.41) is 0.237. The van der Waals surface area contributed by atoms with Crippen LogP contribution in [-0.2, 0) is 15.8 Å². The van der Waals surface area contributed by atoms with E-state index in [1.54, 1.807) is 0 Å². The Hall–Kier alpha value is -0.460. The van der Waals surface area contributed by atoms with Gasteiger partial charge in [0.1, 0.15) is 7.85 Å². The normalized spacial score (nSPS) is 13.4. The monoisotopic (exact) mass is 263 g/mol. The molecule has 102 valence electrons. The number of hydrogen-bond donors (Lipinski definition) is 0. The third-order valence-electron chi connectivity index (χ3n) is 3.81. The van der Waals surface area contributed by atoms with Crippen LogP contribution in [-0.4, -0.2) is 52.1 Å². The summed E-state index contributed by atoms with van der Waals surface area (Å²) in [5.74, 6) is 0. The maximum absolute atomic E-state index is 4.88. The second-order valence-corrected chi connectivity index (χ2v) is 9.16. The van der Waals surface area contributed by atoms with Gasteiger partial charge in [-0.15, -0.1) is 0 Å². The van der Waals surface area contributed by atoms with Crippen LogP contribution in [0.1, 0.15) is 51.3 Å². The smallest absolute Gasteiger partial charge is 0.164 e. The van der Waals surface area contributed by atoms with E-state index in [1.165, 1.54) is 27.9 Å². The topological polar surface area (TPSA) is 12.9 Å². The Morgan fingerprint density at radius 2 is 1.10 bits per heavy atom. The van der Waals surface area contributed by atoms with E-state index in [1.807, 2.05) is 0 Å². The predicted octanol–water partition coefficient (Wildman–Crippen LogP) is -4.23. The summed E-state index contributed by atoms with van der Waals surface area (Å²) in [6.45, 7) is 11.6. The second-order valence-electron chi connectivity index (χ2n) is 9.16. The van der Waals surface area contributed by atoms with Gasteiger partial charge in [0.15, 0.2) is 15.7 Å². The molecule has 0 saturated carbocycles. The standard InChI is InChI=1S/C13H27B6N/c1-11(2,3)6-7(12(4,5)16)9(14)20-10(15)8(6)13(17,18)19/h14-19H2,1-5H3. The molecule has 1 nitrogen and oxygen atoms in total. The van der Waals surface area contributed by atoms with Crippen molar-refractivity contribution < 1.29 is 0 Å². The molecule has 0 aliphatic carbocycles. The molecule has 0 bridgehead atoms. The van der Waals surface area contributed by atoms with Crippen LogP contribution in [0.25, 0.3) is 0 Å². The van der Waals surface area contributed by atoms with Crippen LogP contribution < -0.4 is 11.2 Å². The largest absolute Gasteiger partial charge is 0.279 e. The van der Waals surface area contributed by atoms with E-state index < -0.39 is 0 Å². The number of aromatic nitrogens is 1. The number of hydrogen-bond acceptors (Lipinski definition) is 1. The van der Waals surface area contributed by atoms with Gasteiger partial charge in [-0.05, 0) is 38.6 Å². The van der Waals surface area contributed by atoms with Crippen LogP contribution in [0.4, 0.5) is 0 Å². The number of rotatable bonds is 2. The first-order chi connectivity index (χ1) is 8.67. The predicted molar refractivity (Wildman–Crippen MR) is 108 cm³/mol. The molecule has 0 aromatic carbocycles. The van der Waals surface area contributed by atoms with Crippen LogP contribution in [0, 0.1) is 0 Å². The second kappa shape index (κ2) is 5.07. The molecule has 0 spiro atoms. The van der Waals surface area contributed by atoms with Crippen molar-refractivity contribution in [2.45, 2.75) is 50.5 Å². The summed E-state index contributed by atoms with van der Waals surface area (Å²) in [4.78, 5) is 4.88. The Morgan fingerprint density at radius 3 is 1.40 bits per heavy atom. The van der Waals surface area contributed by atoms with E-state index >= 15 is 0 Å². The molecule has 0 aliphatic heterocycles. The average molecular weight is 262 g/mol. The molecule has 0 radical (unpaired) electrons. The highest BCUT2D eigenvalue weighted by Crippen LogP contribution is 2.35. The fraction of sp³-hybridized carbons (Fsp3) is 0.615. The van der Waals surface area contributed by atoms with Gasteiger partial charge in [-0.3, -0.25) is 4.98 Å². The van der Waals surface area contributed by atoms with Gasteiger partial charge in [-0.1, -0.05) is 39.7 Å². The fourth-order valence-electron chi connectivity index (χ4n) is 3.44. The zero-order valence-corrected chi connectivity index (χ0v) is 15.4. The Labute approximate surface area is 130 Å². The number of nitrogens with zero attached hydrogens (tertiary/aromatic N) is 1. The van der Waals surface area contributed by atoms with Crippen molar-refractivity contribution in [3.05, 3.63) is 16.7 Å². The fourth-order valence-corrected chi connectivity index (χ4v) is 3.44. The van der Waals surface area contributed by atoms with E-state index in [9.17, 15) is 0 Å². The highest BCUT2D eigenvalue weighted by atomic mass is 14.7. The highest BCUT2D eigenvalue weighted by molar-refractivity contribution is 6.60. The molecule has 0 aliphatic rings. The molecule has 0 fully saturated rings. The SMILES string of the molecule is Bc1nc(B)c(C(B)(C)C)c(C(C)(C)C)c1C(B)(B)B. The molecule has 1 aromatic heterocycles. The quantitative estimate of drug-likeness (QED) is 0.492. The van der Waals surface area contributed by atoms with Gasteiger partial charge in [0.05, 0.1) is 23.5 Å². The Bertz CT molecular complexity index is 481. The van der Waals surface area contributed by atoms with Crippen molar-refractivity contribution in [1.82, 2.24) is 4.98 Å². The lowest BCUT2D eigenvalue weighted by Gasteiger charge is -2.38. The van der Waals surface area contributed by atoms with E-state index in [4.69, 9.17) is 4.98 Å². The van der Waals surface area contributed by atoms with Gasteiger partial charge in [-0.25, -0.2) is 0 Å².